The van der Waals surface area contributed by atoms with Crippen LogP contribution in [0.25, 0.3) is 0 Å². The molecule has 24 heteroatoms. The van der Waals surface area contributed by atoms with Crippen molar-refractivity contribution in [3.8, 4) is 0 Å². The van der Waals surface area contributed by atoms with Crippen LogP contribution < -0.4 is 0 Å². The summed E-state index contributed by atoms with van der Waals surface area (Å²) in [7, 11) is 9.72. The zero-order valence-corrected chi connectivity index (χ0v) is 64.7. The van der Waals surface area contributed by atoms with Crippen LogP contribution in [0.5, 0.6) is 0 Å². The fraction of sp³-hybridized carbons (Fsp3) is 0.958. The maximum atomic E-state index is 9.77. The van der Waals surface area contributed by atoms with Crippen LogP contribution in [0.3, 0.4) is 0 Å². The minimum atomic E-state index is -0.445. The number of aldehydes is 3. The number of aliphatic hydroxyl groups excluding tert-OH is 6. The van der Waals surface area contributed by atoms with Gasteiger partial charge in [0.2, 0.25) is 0 Å². The van der Waals surface area contributed by atoms with Crippen molar-refractivity contribution in [1.82, 2.24) is 0 Å². The summed E-state index contributed by atoms with van der Waals surface area (Å²) in [5.74, 6) is 0. The van der Waals surface area contributed by atoms with E-state index in [1.54, 1.807) is 84.2 Å². The summed E-state index contributed by atoms with van der Waals surface area (Å²) in [5, 5.41) is 51.4. The van der Waals surface area contributed by atoms with Gasteiger partial charge in [0.1, 0.15) is 38.7 Å². The summed E-state index contributed by atoms with van der Waals surface area (Å²) in [6.07, 6.45) is 29.2. The molecule has 6 unspecified atom stereocenters. The molecule has 0 amide bonds. The molecule has 0 fully saturated rings. The predicted octanol–water partition coefficient (Wildman–Crippen LogP) is 11.2. The quantitative estimate of drug-likeness (QED) is 0.0187. The third-order valence-electron chi connectivity index (χ3n) is 12.4. The zero-order valence-electron chi connectivity index (χ0n) is 64.7. The largest absolute Gasteiger partial charge is 0.394 e. The monoisotopic (exact) mass is 1410 g/mol. The first-order chi connectivity index (χ1) is 46.3. The third kappa shape index (κ3) is 132. The fourth-order valence-electron chi connectivity index (χ4n) is 6.48. The number of carbonyl (C=O) groups excluding carboxylic acids is 3. The Kier molecular flexibility index (Phi) is 128. The zero-order chi connectivity index (χ0) is 74.6. The predicted molar refractivity (Wildman–Crippen MR) is 384 cm³/mol. The molecule has 0 radical (unpaired) electrons. The average molecular weight is 1410 g/mol. The van der Waals surface area contributed by atoms with Gasteiger partial charge in [0, 0.05) is 82.3 Å². The van der Waals surface area contributed by atoms with Crippen molar-refractivity contribution in [1.29, 1.82) is 0 Å². The molecular weight excluding hydrogens is 1250 g/mol. The summed E-state index contributed by atoms with van der Waals surface area (Å²) in [4.78, 5) is 29.3. The Morgan fingerprint density at radius 3 is 0.583 bits per heavy atom. The van der Waals surface area contributed by atoms with Crippen molar-refractivity contribution >= 4 is 18.9 Å². The molecule has 0 aliphatic heterocycles. The van der Waals surface area contributed by atoms with Crippen molar-refractivity contribution in [2.75, 3.05) is 162 Å². The number of ether oxygens (including phenoxy) is 15. The van der Waals surface area contributed by atoms with E-state index in [4.69, 9.17) is 102 Å². The van der Waals surface area contributed by atoms with E-state index in [0.29, 0.717) is 39.6 Å². The fourth-order valence-corrected chi connectivity index (χ4v) is 6.48. The van der Waals surface area contributed by atoms with Gasteiger partial charge in [0.15, 0.2) is 18.9 Å². The first kappa shape index (κ1) is 113. The number of aliphatic hydroxyl groups is 6. The first-order valence-electron chi connectivity index (χ1n) is 35.9. The Hall–Kier alpha value is -1.83. The van der Waals surface area contributed by atoms with E-state index in [-0.39, 0.29) is 76.8 Å². The lowest BCUT2D eigenvalue weighted by Crippen LogP contribution is -2.20. The molecule has 0 aromatic heterocycles. The molecule has 0 aliphatic carbocycles. The van der Waals surface area contributed by atoms with Crippen molar-refractivity contribution in [2.45, 2.75) is 293 Å². The van der Waals surface area contributed by atoms with E-state index < -0.39 is 18.3 Å². The van der Waals surface area contributed by atoms with Gasteiger partial charge in [-0.3, -0.25) is 0 Å². The van der Waals surface area contributed by atoms with Gasteiger partial charge in [-0.05, 0) is 80.1 Å². The maximum Gasteiger partial charge on any atom is 0.180 e. The van der Waals surface area contributed by atoms with Gasteiger partial charge in [-0.15, -0.1) is 0 Å². The molecule has 24 nitrogen and oxygen atoms in total. The number of methoxy groups -OCH3 is 6. The van der Waals surface area contributed by atoms with E-state index in [1.807, 2.05) is 0 Å². The number of unbranched alkanes of at least 4 members (excludes halogenated alkanes) is 18. The Morgan fingerprint density at radius 2 is 0.448 bits per heavy atom. The maximum absolute atomic E-state index is 9.77. The van der Waals surface area contributed by atoms with Gasteiger partial charge in [0.05, 0.1) is 96.1 Å². The molecule has 0 aromatic rings. The molecule has 0 rings (SSSR count). The highest BCUT2D eigenvalue weighted by atomic mass is 16.7. The molecule has 96 heavy (non-hydrogen) atoms. The summed E-state index contributed by atoms with van der Waals surface area (Å²) >= 11 is 0. The minimum absolute atomic E-state index is 0.00667. The van der Waals surface area contributed by atoms with Crippen LogP contribution in [0.1, 0.15) is 237 Å². The molecule has 0 saturated carbocycles. The van der Waals surface area contributed by atoms with Crippen LogP contribution in [-0.2, 0) is 85.4 Å². The van der Waals surface area contributed by atoms with E-state index in [0.717, 1.165) is 97.0 Å². The lowest BCUT2D eigenvalue weighted by atomic mass is 10.2. The Bertz CT molecular complexity index is 1120. The second-order valence-electron chi connectivity index (χ2n) is 22.5. The summed E-state index contributed by atoms with van der Waals surface area (Å²) in [6.45, 7) is 31.2. The molecule has 0 aromatic carbocycles. The standard InChI is InChI=1S/3C10H22O3.3C8H16O2.3C6H14O3/c3*1-4-5-6-7-8-13-9-10(11-2)12-3;3*1-2-3-4-5-7-10-8-6-9;3*1-5(8)4-9-6(2)3-7/h3*10H,4-9H2,1-3H3;3*6H,2-5,7-8H2,1H3;3*5-8H,3-4H2,1-2H3. The third-order valence-corrected chi connectivity index (χ3v) is 12.4. The van der Waals surface area contributed by atoms with Gasteiger partial charge >= 0.3 is 0 Å². The molecule has 588 valence electrons. The van der Waals surface area contributed by atoms with Gasteiger partial charge in [-0.25, -0.2) is 0 Å². The van der Waals surface area contributed by atoms with E-state index in [9.17, 15) is 14.4 Å². The van der Waals surface area contributed by atoms with Crippen molar-refractivity contribution in [3.63, 3.8) is 0 Å². The molecule has 6 atom stereocenters. The van der Waals surface area contributed by atoms with Crippen LogP contribution in [0.15, 0.2) is 0 Å². The highest BCUT2D eigenvalue weighted by molar-refractivity contribution is 5.50. The molecule has 0 spiro atoms. The summed E-state index contributed by atoms with van der Waals surface area (Å²) < 4.78 is 75.7. The van der Waals surface area contributed by atoms with E-state index in [2.05, 4.69) is 41.5 Å². The van der Waals surface area contributed by atoms with Crippen LogP contribution in [0.2, 0.25) is 0 Å². The van der Waals surface area contributed by atoms with Crippen LogP contribution in [0.4, 0.5) is 0 Å². The van der Waals surface area contributed by atoms with Gasteiger partial charge in [-0.2, -0.15) is 0 Å². The highest BCUT2D eigenvalue weighted by Gasteiger charge is 2.07. The second-order valence-corrected chi connectivity index (χ2v) is 22.5. The number of hydrogen-bond donors (Lipinski definition) is 6. The lowest BCUT2D eigenvalue weighted by molar-refractivity contribution is -0.140. The van der Waals surface area contributed by atoms with Crippen molar-refractivity contribution in [2.24, 2.45) is 0 Å². The Morgan fingerprint density at radius 1 is 0.271 bits per heavy atom. The van der Waals surface area contributed by atoms with Gasteiger partial charge in [0.25, 0.3) is 0 Å². The topological polar surface area (TPSA) is 311 Å². The number of carbonyl (C=O) groups is 3. The van der Waals surface area contributed by atoms with Crippen LogP contribution >= 0.6 is 0 Å². The molecule has 6 N–H and O–H groups in total. The second kappa shape index (κ2) is 109. The summed E-state index contributed by atoms with van der Waals surface area (Å²) in [5.41, 5.74) is 0. The first-order valence-corrected chi connectivity index (χ1v) is 35.9. The van der Waals surface area contributed by atoms with Crippen molar-refractivity contribution < 1.29 is 116 Å². The molecule has 0 bridgehead atoms. The van der Waals surface area contributed by atoms with Crippen molar-refractivity contribution in [3.05, 3.63) is 0 Å². The highest BCUT2D eigenvalue weighted by Crippen LogP contribution is 2.04. The SMILES string of the molecule is CC(O)COC(C)CO.CC(O)COC(C)CO.CC(O)COC(C)CO.CCCCCCOCC(OC)OC.CCCCCCOCC(OC)OC.CCCCCCOCC(OC)OC.CCCCCCOCC=O.CCCCCCOCC=O.CCCCCCOCC=O. The van der Waals surface area contributed by atoms with E-state index in [1.165, 1.54) is 116 Å². The normalized spacial score (nSPS) is 12.4. The molecule has 0 heterocycles. The average Bonchev–Trinajstić information content (AvgIpc) is 3.73. The Balaban J connectivity index is -0.000000127. The summed E-state index contributed by atoms with van der Waals surface area (Å²) in [6, 6.07) is 0. The lowest BCUT2D eigenvalue weighted by Gasteiger charge is -2.13. The Labute approximate surface area is 587 Å². The smallest absolute Gasteiger partial charge is 0.180 e. The molecule has 0 saturated heterocycles. The van der Waals surface area contributed by atoms with E-state index >= 15 is 0 Å². The number of rotatable bonds is 60. The van der Waals surface area contributed by atoms with Gasteiger partial charge < -0.3 is 116 Å². The number of hydrogen-bond acceptors (Lipinski definition) is 24. The molecular formula is C72H156O24. The van der Waals surface area contributed by atoms with Crippen LogP contribution in [-0.4, -0.2) is 267 Å². The van der Waals surface area contributed by atoms with Gasteiger partial charge in [-0.1, -0.05) is 157 Å². The molecule has 0 aliphatic rings. The minimum Gasteiger partial charge on any atom is -0.394 e. The van der Waals surface area contributed by atoms with Crippen LogP contribution in [0, 0.1) is 0 Å².